The molecule has 0 spiro atoms. The van der Waals surface area contributed by atoms with Crippen molar-refractivity contribution >= 4 is 11.7 Å². The molecule has 0 aromatic heterocycles. The molecule has 0 N–H and O–H groups in total. The third-order valence-electron chi connectivity index (χ3n) is 7.51. The lowest BCUT2D eigenvalue weighted by Crippen LogP contribution is -2.39. The van der Waals surface area contributed by atoms with Crippen molar-refractivity contribution in [1.82, 2.24) is 4.90 Å². The van der Waals surface area contributed by atoms with E-state index in [0.717, 1.165) is 36.8 Å². The molecule has 6 rings (SSSR count). The highest BCUT2D eigenvalue weighted by atomic mass is 16.7. The van der Waals surface area contributed by atoms with Crippen LogP contribution in [0, 0.1) is 5.92 Å². The van der Waals surface area contributed by atoms with E-state index in [1.54, 1.807) is 24.2 Å². The summed E-state index contributed by atoms with van der Waals surface area (Å²) < 4.78 is 28.6. The van der Waals surface area contributed by atoms with Crippen LogP contribution in [0.5, 0.6) is 23.0 Å². The molecular formula is C29H29NO7. The predicted octanol–water partition coefficient (Wildman–Crippen LogP) is 4.48. The Morgan fingerprint density at radius 2 is 1.89 bits per heavy atom. The number of methoxy groups -OCH3 is 1. The monoisotopic (exact) mass is 503 g/mol. The number of nitrogens with zero attached hydrogens (tertiary/aromatic N) is 1. The van der Waals surface area contributed by atoms with E-state index in [-0.39, 0.29) is 42.8 Å². The Balaban J connectivity index is 1.41. The third-order valence-corrected chi connectivity index (χ3v) is 7.51. The molecule has 1 aliphatic carbocycles. The third kappa shape index (κ3) is 4.00. The van der Waals surface area contributed by atoms with Gasteiger partial charge in [-0.25, -0.2) is 0 Å². The maximum Gasteiger partial charge on any atom is 0.290 e. The van der Waals surface area contributed by atoms with Gasteiger partial charge in [0.15, 0.2) is 34.5 Å². The maximum absolute atomic E-state index is 13.9. The van der Waals surface area contributed by atoms with Gasteiger partial charge in [-0.15, -0.1) is 0 Å². The van der Waals surface area contributed by atoms with Crippen LogP contribution in [0.25, 0.3) is 0 Å². The number of carbonyl (C=O) groups is 2. The Morgan fingerprint density at radius 3 is 2.73 bits per heavy atom. The minimum Gasteiger partial charge on any atom is -0.493 e. The van der Waals surface area contributed by atoms with Gasteiger partial charge < -0.3 is 28.6 Å². The second-order valence-corrected chi connectivity index (χ2v) is 9.69. The highest BCUT2D eigenvalue weighted by molar-refractivity contribution is 6.11. The van der Waals surface area contributed by atoms with Gasteiger partial charge in [0.25, 0.3) is 5.91 Å². The predicted molar refractivity (Wildman–Crippen MR) is 133 cm³/mol. The first kappa shape index (κ1) is 23.5. The van der Waals surface area contributed by atoms with E-state index in [2.05, 4.69) is 6.58 Å². The van der Waals surface area contributed by atoms with Crippen molar-refractivity contribution in [2.24, 2.45) is 5.92 Å². The number of rotatable bonds is 7. The van der Waals surface area contributed by atoms with Crippen molar-refractivity contribution in [3.05, 3.63) is 71.5 Å². The Bertz CT molecular complexity index is 1300. The number of fused-ring (bicyclic) bond motifs is 2. The Morgan fingerprint density at radius 1 is 1.05 bits per heavy atom. The van der Waals surface area contributed by atoms with E-state index < -0.39 is 6.04 Å². The van der Waals surface area contributed by atoms with Crippen molar-refractivity contribution < 1.29 is 33.3 Å². The van der Waals surface area contributed by atoms with Gasteiger partial charge in [0, 0.05) is 6.54 Å². The molecule has 192 valence electrons. The fraction of sp³-hybridized carbons (Fsp3) is 0.379. The van der Waals surface area contributed by atoms with Gasteiger partial charge >= 0.3 is 0 Å². The average molecular weight is 504 g/mol. The zero-order valence-corrected chi connectivity index (χ0v) is 20.7. The number of ketones is 1. The van der Waals surface area contributed by atoms with Gasteiger partial charge in [0.05, 0.1) is 24.6 Å². The quantitative estimate of drug-likeness (QED) is 0.515. The lowest BCUT2D eigenvalue weighted by atomic mass is 9.77. The summed E-state index contributed by atoms with van der Waals surface area (Å²) in [5.41, 5.74) is 2.06. The summed E-state index contributed by atoms with van der Waals surface area (Å²) in [6, 6.07) is 10.5. The molecule has 0 radical (unpaired) electrons. The number of hydrogen-bond acceptors (Lipinski definition) is 7. The molecule has 3 atom stereocenters. The number of hydrogen-bond donors (Lipinski definition) is 0. The van der Waals surface area contributed by atoms with Crippen LogP contribution in [0.2, 0.25) is 0 Å². The van der Waals surface area contributed by atoms with E-state index in [4.69, 9.17) is 23.7 Å². The molecule has 2 aromatic rings. The van der Waals surface area contributed by atoms with Crippen LogP contribution in [0.15, 0.2) is 60.4 Å². The molecule has 0 bridgehead atoms. The molecule has 37 heavy (non-hydrogen) atoms. The number of amides is 1. The van der Waals surface area contributed by atoms with Crippen LogP contribution in [0.4, 0.5) is 0 Å². The van der Waals surface area contributed by atoms with Crippen LogP contribution in [0.3, 0.4) is 0 Å². The summed E-state index contributed by atoms with van der Waals surface area (Å²) in [4.78, 5) is 29.4. The molecule has 1 amide bonds. The van der Waals surface area contributed by atoms with Crippen LogP contribution in [0.1, 0.15) is 42.9 Å². The second kappa shape index (κ2) is 9.50. The first-order valence-corrected chi connectivity index (χ1v) is 12.6. The summed E-state index contributed by atoms with van der Waals surface area (Å²) in [5, 5.41) is 0. The summed E-state index contributed by atoms with van der Waals surface area (Å²) in [6.07, 6.45) is 4.98. The van der Waals surface area contributed by atoms with Crippen LogP contribution in [-0.4, -0.2) is 43.2 Å². The minimum atomic E-state index is -0.606. The zero-order chi connectivity index (χ0) is 25.5. The van der Waals surface area contributed by atoms with Gasteiger partial charge in [-0.2, -0.15) is 0 Å². The first-order chi connectivity index (χ1) is 18.1. The Labute approximate surface area is 215 Å². The van der Waals surface area contributed by atoms with Crippen LogP contribution < -0.4 is 18.9 Å². The van der Waals surface area contributed by atoms with Crippen molar-refractivity contribution in [1.29, 1.82) is 0 Å². The summed E-state index contributed by atoms with van der Waals surface area (Å²) in [7, 11) is 1.57. The van der Waals surface area contributed by atoms with E-state index in [9.17, 15) is 9.59 Å². The summed E-state index contributed by atoms with van der Waals surface area (Å²) in [6.45, 7) is 4.47. The molecule has 4 aliphatic rings. The van der Waals surface area contributed by atoms with Crippen LogP contribution >= 0.6 is 0 Å². The normalized spacial score (nSPS) is 23.9. The van der Waals surface area contributed by atoms with Gasteiger partial charge in [-0.05, 0) is 54.7 Å². The van der Waals surface area contributed by atoms with Gasteiger partial charge in [-0.3, -0.25) is 9.59 Å². The standard InChI is InChI=1S/C29H29NO7/c1-3-12-34-21-11-9-18(14-23(21)33-2)26-25-27(31)19-6-4-5-7-20(19)37-28(25)29(32)30(26)15-17-8-10-22-24(13-17)36-16-35-22/h3,8-11,13-14,19-20,26H,1,4-7,12,15-16H2,2H3. The van der Waals surface area contributed by atoms with Gasteiger partial charge in [0.2, 0.25) is 6.79 Å². The largest absolute Gasteiger partial charge is 0.493 e. The van der Waals surface area contributed by atoms with Crippen molar-refractivity contribution in [2.45, 2.75) is 44.4 Å². The summed E-state index contributed by atoms with van der Waals surface area (Å²) in [5.74, 6) is 2.10. The fourth-order valence-corrected chi connectivity index (χ4v) is 5.76. The molecule has 8 nitrogen and oxygen atoms in total. The van der Waals surface area contributed by atoms with Crippen LogP contribution in [-0.2, 0) is 20.9 Å². The molecule has 3 heterocycles. The summed E-state index contributed by atoms with van der Waals surface area (Å²) >= 11 is 0. The molecule has 3 aliphatic heterocycles. The highest BCUT2D eigenvalue weighted by Crippen LogP contribution is 2.48. The number of benzene rings is 2. The van der Waals surface area contributed by atoms with E-state index in [1.807, 2.05) is 30.3 Å². The van der Waals surface area contributed by atoms with Gasteiger partial charge in [-0.1, -0.05) is 31.2 Å². The Kier molecular flexibility index (Phi) is 6.02. The smallest absolute Gasteiger partial charge is 0.290 e. The molecule has 1 fully saturated rings. The highest BCUT2D eigenvalue weighted by Gasteiger charge is 2.52. The van der Waals surface area contributed by atoms with E-state index in [1.165, 1.54) is 0 Å². The van der Waals surface area contributed by atoms with Crippen molar-refractivity contribution in [3.63, 3.8) is 0 Å². The SMILES string of the molecule is C=CCOc1ccc(C2C3=C(OC4CCCCC4C3=O)C(=O)N2Cc2ccc3c(c2)OCO3)cc1OC. The molecular weight excluding hydrogens is 474 g/mol. The molecule has 0 saturated heterocycles. The van der Waals surface area contributed by atoms with Gasteiger partial charge in [0.1, 0.15) is 12.7 Å². The number of Topliss-reactive ketones (excluding diaryl/α,β-unsaturated/α-hetero) is 1. The molecule has 1 saturated carbocycles. The first-order valence-electron chi connectivity index (χ1n) is 12.6. The lowest BCUT2D eigenvalue weighted by molar-refractivity contribution is -0.135. The molecule has 3 unspecified atom stereocenters. The van der Waals surface area contributed by atoms with E-state index >= 15 is 0 Å². The molecule has 8 heteroatoms. The number of carbonyl (C=O) groups excluding carboxylic acids is 2. The maximum atomic E-state index is 13.9. The number of ether oxygens (including phenoxy) is 5. The average Bonchev–Trinajstić information content (AvgIpc) is 3.50. The van der Waals surface area contributed by atoms with E-state index in [0.29, 0.717) is 35.2 Å². The fourth-order valence-electron chi connectivity index (χ4n) is 5.76. The zero-order valence-electron chi connectivity index (χ0n) is 20.7. The topological polar surface area (TPSA) is 83.5 Å². The minimum absolute atomic E-state index is 0.0171. The van der Waals surface area contributed by atoms with Crippen molar-refractivity contribution in [2.75, 3.05) is 20.5 Å². The van der Waals surface area contributed by atoms with Crippen molar-refractivity contribution in [3.8, 4) is 23.0 Å². The second-order valence-electron chi connectivity index (χ2n) is 9.69. The molecule has 2 aromatic carbocycles. The lowest BCUT2D eigenvalue weighted by Gasteiger charge is -2.35. The Hall–Kier alpha value is -3.94.